The molecule has 2 aromatic heterocycles. The highest BCUT2D eigenvalue weighted by Crippen LogP contribution is 2.34. The highest BCUT2D eigenvalue weighted by atomic mass is 35.5. The number of fused-ring (bicyclic) bond motifs is 1. The van der Waals surface area contributed by atoms with E-state index in [-0.39, 0.29) is 10.9 Å². The maximum atomic E-state index is 12.5. The van der Waals surface area contributed by atoms with Gasteiger partial charge in [0.2, 0.25) is 5.88 Å². The van der Waals surface area contributed by atoms with Crippen LogP contribution in [0.1, 0.15) is 5.56 Å². The molecule has 3 aromatic rings. The molecule has 2 heterocycles. The summed E-state index contributed by atoms with van der Waals surface area (Å²) in [5.74, 6) is 0.160. The smallest absolute Gasteiger partial charge is 0.417 e. The number of halogens is 4. The molecule has 108 valence electrons. The fraction of sp³-hybridized carbons (Fsp3) is 0.0833. The number of alkyl halides is 3. The minimum Gasteiger partial charge on any atom is -0.437 e. The summed E-state index contributed by atoms with van der Waals surface area (Å²) in [5, 5.41) is 6.99. The number of hydrogen-bond donors (Lipinski definition) is 0. The minimum absolute atomic E-state index is 0.138. The first-order chi connectivity index (χ1) is 9.93. The van der Waals surface area contributed by atoms with Crippen LogP contribution in [0.3, 0.4) is 0 Å². The Kier molecular flexibility index (Phi) is 3.17. The minimum atomic E-state index is -4.51. The van der Waals surface area contributed by atoms with Gasteiger partial charge in [-0.1, -0.05) is 11.6 Å². The largest absolute Gasteiger partial charge is 0.437 e. The molecule has 0 saturated heterocycles. The van der Waals surface area contributed by atoms with Crippen molar-refractivity contribution in [3.63, 3.8) is 0 Å². The van der Waals surface area contributed by atoms with Crippen LogP contribution in [-0.2, 0) is 6.18 Å². The van der Waals surface area contributed by atoms with E-state index in [1.165, 1.54) is 6.07 Å². The second kappa shape index (κ2) is 4.88. The Hall–Kier alpha value is -2.35. The summed E-state index contributed by atoms with van der Waals surface area (Å²) in [6.07, 6.45) is -3.86. The van der Waals surface area contributed by atoms with E-state index in [9.17, 15) is 13.2 Å². The molecule has 0 unspecified atom stereocenters. The maximum absolute atomic E-state index is 12.5. The molecule has 0 aliphatic carbocycles. The van der Waals surface area contributed by atoms with Crippen molar-refractivity contribution in [3.05, 3.63) is 41.0 Å². The van der Waals surface area contributed by atoms with E-state index in [0.29, 0.717) is 23.0 Å². The van der Waals surface area contributed by atoms with Crippen LogP contribution in [0, 0.1) is 0 Å². The lowest BCUT2D eigenvalue weighted by atomic mass is 10.3. The highest BCUT2D eigenvalue weighted by Gasteiger charge is 2.31. The average molecular weight is 316 g/mol. The topological polar surface area (TPSA) is 61.0 Å². The lowest BCUT2D eigenvalue weighted by molar-refractivity contribution is -0.137. The average Bonchev–Trinajstić information content (AvgIpc) is 2.87. The third-order valence-electron chi connectivity index (χ3n) is 2.57. The second-order valence-electron chi connectivity index (χ2n) is 4.03. The third-order valence-corrected chi connectivity index (χ3v) is 2.85. The van der Waals surface area contributed by atoms with Crippen molar-refractivity contribution in [2.45, 2.75) is 6.18 Å². The first kappa shape index (κ1) is 13.6. The summed E-state index contributed by atoms with van der Waals surface area (Å²) in [4.78, 5) is 3.57. The monoisotopic (exact) mass is 315 g/mol. The van der Waals surface area contributed by atoms with Gasteiger partial charge in [-0.15, -0.1) is 0 Å². The van der Waals surface area contributed by atoms with Crippen LogP contribution in [0.2, 0.25) is 5.02 Å². The van der Waals surface area contributed by atoms with Crippen LogP contribution >= 0.6 is 11.6 Å². The lowest BCUT2D eigenvalue weighted by Gasteiger charge is -2.09. The molecule has 9 heteroatoms. The molecule has 0 aliphatic heterocycles. The van der Waals surface area contributed by atoms with Crippen molar-refractivity contribution >= 4 is 22.6 Å². The van der Waals surface area contributed by atoms with Gasteiger partial charge in [-0.2, -0.15) is 13.2 Å². The molecule has 5 nitrogen and oxygen atoms in total. The van der Waals surface area contributed by atoms with Crippen LogP contribution in [-0.4, -0.2) is 15.3 Å². The zero-order chi connectivity index (χ0) is 15.0. The molecule has 0 spiro atoms. The van der Waals surface area contributed by atoms with Crippen molar-refractivity contribution in [1.82, 2.24) is 15.3 Å². The highest BCUT2D eigenvalue weighted by molar-refractivity contribution is 6.31. The molecule has 0 saturated carbocycles. The summed E-state index contributed by atoms with van der Waals surface area (Å²) in [7, 11) is 0. The number of aromatic nitrogens is 3. The molecule has 0 amide bonds. The van der Waals surface area contributed by atoms with Crippen molar-refractivity contribution in [2.75, 3.05) is 0 Å². The van der Waals surface area contributed by atoms with E-state index in [4.69, 9.17) is 16.3 Å². The van der Waals surface area contributed by atoms with Gasteiger partial charge in [-0.05, 0) is 28.5 Å². The number of pyridine rings is 1. The van der Waals surface area contributed by atoms with Gasteiger partial charge in [0.25, 0.3) is 0 Å². The molecule has 21 heavy (non-hydrogen) atoms. The fourth-order valence-corrected chi connectivity index (χ4v) is 1.80. The SMILES string of the molecule is FC(F)(F)c1cnc(Oc2ccc3nonc3c2)c(Cl)c1. The van der Waals surface area contributed by atoms with Gasteiger partial charge in [0, 0.05) is 12.3 Å². The first-order valence-electron chi connectivity index (χ1n) is 5.56. The summed E-state index contributed by atoms with van der Waals surface area (Å²) in [6, 6.07) is 5.38. The number of benzene rings is 1. The van der Waals surface area contributed by atoms with Crippen molar-refractivity contribution < 1.29 is 22.5 Å². The first-order valence-corrected chi connectivity index (χ1v) is 5.94. The van der Waals surface area contributed by atoms with Gasteiger partial charge in [0.1, 0.15) is 21.8 Å². The van der Waals surface area contributed by atoms with Crippen LogP contribution < -0.4 is 4.74 Å². The fourth-order valence-electron chi connectivity index (χ4n) is 1.59. The normalized spacial score (nSPS) is 11.8. The lowest BCUT2D eigenvalue weighted by Crippen LogP contribution is -2.05. The number of hydrogen-bond acceptors (Lipinski definition) is 5. The van der Waals surface area contributed by atoms with E-state index in [2.05, 4.69) is 19.9 Å². The van der Waals surface area contributed by atoms with Gasteiger partial charge < -0.3 is 4.74 Å². The number of ether oxygens (including phenoxy) is 1. The van der Waals surface area contributed by atoms with E-state index in [1.54, 1.807) is 12.1 Å². The van der Waals surface area contributed by atoms with Crippen LogP contribution in [0.15, 0.2) is 35.1 Å². The molecule has 3 rings (SSSR count). The molecular formula is C12H5ClF3N3O2. The van der Waals surface area contributed by atoms with Crippen LogP contribution in [0.4, 0.5) is 13.2 Å². The number of rotatable bonds is 2. The van der Waals surface area contributed by atoms with Crippen LogP contribution in [0.25, 0.3) is 11.0 Å². The van der Waals surface area contributed by atoms with E-state index < -0.39 is 11.7 Å². The molecule has 0 N–H and O–H groups in total. The Balaban J connectivity index is 1.90. The van der Waals surface area contributed by atoms with Crippen LogP contribution in [0.5, 0.6) is 11.6 Å². The molecule has 0 atom stereocenters. The van der Waals surface area contributed by atoms with Crippen molar-refractivity contribution in [3.8, 4) is 11.6 Å². The molecule has 0 aliphatic rings. The van der Waals surface area contributed by atoms with E-state index in [1.807, 2.05) is 0 Å². The molecule has 0 bridgehead atoms. The molecule has 0 radical (unpaired) electrons. The zero-order valence-corrected chi connectivity index (χ0v) is 10.8. The standard InChI is InChI=1S/C12H5ClF3N3O2/c13-8-3-6(12(14,15)16)5-17-11(8)20-7-1-2-9-10(4-7)19-21-18-9/h1-5H. The summed E-state index contributed by atoms with van der Waals surface area (Å²) >= 11 is 5.75. The predicted molar refractivity (Wildman–Crippen MR) is 66.1 cm³/mol. The maximum Gasteiger partial charge on any atom is 0.417 e. The Morgan fingerprint density at radius 1 is 1.10 bits per heavy atom. The number of nitrogens with zero attached hydrogens (tertiary/aromatic N) is 3. The van der Waals surface area contributed by atoms with Gasteiger partial charge in [-0.25, -0.2) is 9.61 Å². The van der Waals surface area contributed by atoms with E-state index >= 15 is 0 Å². The van der Waals surface area contributed by atoms with Crippen molar-refractivity contribution in [2.24, 2.45) is 0 Å². The van der Waals surface area contributed by atoms with Crippen molar-refractivity contribution in [1.29, 1.82) is 0 Å². The summed E-state index contributed by atoms with van der Waals surface area (Å²) in [5.41, 5.74) is 0.0142. The quantitative estimate of drug-likeness (QED) is 0.713. The summed E-state index contributed by atoms with van der Waals surface area (Å²) in [6.45, 7) is 0. The Morgan fingerprint density at radius 2 is 1.86 bits per heavy atom. The zero-order valence-electron chi connectivity index (χ0n) is 10.1. The van der Waals surface area contributed by atoms with Gasteiger partial charge >= 0.3 is 6.18 Å². The molecular weight excluding hydrogens is 311 g/mol. The van der Waals surface area contributed by atoms with Gasteiger partial charge in [0.05, 0.1) is 5.56 Å². The Labute approximate surface area is 120 Å². The third kappa shape index (κ3) is 2.75. The second-order valence-corrected chi connectivity index (χ2v) is 4.43. The Morgan fingerprint density at radius 3 is 2.57 bits per heavy atom. The molecule has 0 fully saturated rings. The Bertz CT molecular complexity index is 804. The summed E-state index contributed by atoms with van der Waals surface area (Å²) < 4.78 is 47.4. The van der Waals surface area contributed by atoms with E-state index in [0.717, 1.165) is 6.07 Å². The predicted octanol–water partition coefficient (Wildman–Crippen LogP) is 4.08. The molecule has 1 aromatic carbocycles. The van der Waals surface area contributed by atoms with Gasteiger partial charge in [-0.3, -0.25) is 0 Å². The van der Waals surface area contributed by atoms with Gasteiger partial charge in [0.15, 0.2) is 0 Å².